The van der Waals surface area contributed by atoms with Gasteiger partial charge in [0.2, 0.25) is 0 Å². The van der Waals surface area contributed by atoms with Gasteiger partial charge < -0.3 is 5.32 Å². The Balaban J connectivity index is 2.07. The third-order valence-corrected chi connectivity index (χ3v) is 2.35. The molecule has 0 saturated heterocycles. The van der Waals surface area contributed by atoms with E-state index in [0.29, 0.717) is 0 Å². The molecule has 2 N–H and O–H groups in total. The number of hydrogen-bond donors (Lipinski definition) is 2. The van der Waals surface area contributed by atoms with Crippen molar-refractivity contribution in [1.82, 2.24) is 15.5 Å². The van der Waals surface area contributed by atoms with E-state index in [0.717, 1.165) is 18.2 Å². The Hall–Kier alpha value is -2.58. The number of H-pyrrole nitrogens is 1. The zero-order valence-electron chi connectivity index (χ0n) is 9.82. The van der Waals surface area contributed by atoms with Crippen molar-refractivity contribution in [3.8, 4) is 0 Å². The number of rotatable bonds is 3. The van der Waals surface area contributed by atoms with E-state index in [4.69, 9.17) is 0 Å². The van der Waals surface area contributed by atoms with Gasteiger partial charge in [0.15, 0.2) is 5.82 Å². The van der Waals surface area contributed by atoms with Crippen LogP contribution in [0.5, 0.6) is 0 Å². The van der Waals surface area contributed by atoms with Gasteiger partial charge in [-0.1, -0.05) is 11.2 Å². The highest BCUT2D eigenvalue weighted by Gasteiger charge is 2.30. The van der Waals surface area contributed by atoms with E-state index in [1.165, 1.54) is 6.07 Å². The van der Waals surface area contributed by atoms with Gasteiger partial charge in [-0.2, -0.15) is 13.2 Å². The maximum atomic E-state index is 12.5. The first-order chi connectivity index (χ1) is 9.36. The molecule has 9 heteroatoms. The summed E-state index contributed by atoms with van der Waals surface area (Å²) in [6, 6.07) is 3.98. The van der Waals surface area contributed by atoms with Crippen molar-refractivity contribution < 1.29 is 22.5 Å². The largest absolute Gasteiger partial charge is 0.438 e. The molecule has 0 unspecified atom stereocenters. The molecule has 0 aliphatic rings. The van der Waals surface area contributed by atoms with Crippen LogP contribution in [-0.2, 0) is 12.7 Å². The second-order valence-electron chi connectivity index (χ2n) is 3.80. The number of benzene rings is 1. The first-order valence-electron chi connectivity index (χ1n) is 5.36. The first-order valence-corrected chi connectivity index (χ1v) is 5.36. The molecule has 1 aromatic heterocycles. The maximum absolute atomic E-state index is 12.5. The van der Waals surface area contributed by atoms with Gasteiger partial charge in [0.25, 0.3) is 5.91 Å². The molecule has 0 atom stereocenters. The molecule has 1 amide bonds. The summed E-state index contributed by atoms with van der Waals surface area (Å²) in [7, 11) is 0. The molecule has 0 fully saturated rings. The summed E-state index contributed by atoms with van der Waals surface area (Å²) in [5.74, 6) is -1.44. The maximum Gasteiger partial charge on any atom is 0.438 e. The molecule has 0 spiro atoms. The van der Waals surface area contributed by atoms with Gasteiger partial charge in [-0.05, 0) is 18.2 Å². The molecule has 20 heavy (non-hydrogen) atoms. The molecule has 106 valence electrons. The Morgan fingerprint density at radius 1 is 1.40 bits per heavy atom. The number of nitrogens with one attached hydrogen (secondary N) is 2. The van der Waals surface area contributed by atoms with Gasteiger partial charge in [0, 0.05) is 5.56 Å². The summed E-state index contributed by atoms with van der Waals surface area (Å²) in [6.45, 7) is -0.166. The highest BCUT2D eigenvalue weighted by Crippen LogP contribution is 2.29. The molecule has 0 aliphatic carbocycles. The van der Waals surface area contributed by atoms with Gasteiger partial charge in [-0.3, -0.25) is 14.3 Å². The summed E-state index contributed by atoms with van der Waals surface area (Å²) in [5, 5.41) is 5.61. The average molecular weight is 287 g/mol. The monoisotopic (exact) mass is 287 g/mol. The lowest BCUT2D eigenvalue weighted by Crippen LogP contribution is -2.24. The van der Waals surface area contributed by atoms with E-state index in [1.807, 2.05) is 0 Å². The Bertz CT molecular complexity index is 675. The van der Waals surface area contributed by atoms with Crippen molar-refractivity contribution in [2.75, 3.05) is 0 Å². The standard InChI is InChI=1S/C11H8F3N3O3/c12-11(13,14)7-3-1-2-6(4-7)9(18)15-5-8-16-10(19)20-17-8/h1-4H,5H2,(H,15,18)(H,16,17,19). The van der Waals surface area contributed by atoms with Crippen LogP contribution in [0.25, 0.3) is 0 Å². The molecular weight excluding hydrogens is 279 g/mol. The minimum Gasteiger partial charge on any atom is -0.345 e. The molecule has 0 radical (unpaired) electrons. The zero-order chi connectivity index (χ0) is 14.8. The fourth-order valence-electron chi connectivity index (χ4n) is 1.44. The second-order valence-corrected chi connectivity index (χ2v) is 3.80. The second kappa shape index (κ2) is 5.19. The molecular formula is C11H8F3N3O3. The van der Waals surface area contributed by atoms with Crippen LogP contribution in [-0.4, -0.2) is 16.0 Å². The summed E-state index contributed by atoms with van der Waals surface area (Å²) < 4.78 is 41.7. The first kappa shape index (κ1) is 13.8. The minimum atomic E-state index is -4.52. The summed E-state index contributed by atoms with van der Waals surface area (Å²) >= 11 is 0. The Morgan fingerprint density at radius 2 is 2.15 bits per heavy atom. The molecule has 2 aromatic rings. The van der Waals surface area contributed by atoms with E-state index in [1.54, 1.807) is 0 Å². The fraction of sp³-hybridized carbons (Fsp3) is 0.182. The van der Waals surface area contributed by atoms with Gasteiger partial charge in [-0.15, -0.1) is 0 Å². The number of carbonyl (C=O) groups is 1. The van der Waals surface area contributed by atoms with Crippen LogP contribution in [0, 0.1) is 0 Å². The quantitative estimate of drug-likeness (QED) is 0.891. The van der Waals surface area contributed by atoms with E-state index in [-0.39, 0.29) is 17.9 Å². The molecule has 6 nitrogen and oxygen atoms in total. The summed E-state index contributed by atoms with van der Waals surface area (Å²) in [5.41, 5.74) is -1.06. The van der Waals surface area contributed by atoms with Crippen LogP contribution in [0.15, 0.2) is 33.6 Å². The van der Waals surface area contributed by atoms with Crippen molar-refractivity contribution >= 4 is 5.91 Å². The van der Waals surface area contributed by atoms with E-state index in [2.05, 4.69) is 20.0 Å². The minimum absolute atomic E-state index is 0.0651. The molecule has 0 aliphatic heterocycles. The van der Waals surface area contributed by atoms with Gasteiger partial charge in [-0.25, -0.2) is 4.79 Å². The smallest absolute Gasteiger partial charge is 0.345 e. The molecule has 1 heterocycles. The Labute approximate surface area is 109 Å². The molecule has 0 saturated carbocycles. The topological polar surface area (TPSA) is 88.0 Å². The van der Waals surface area contributed by atoms with Crippen molar-refractivity contribution in [3.05, 3.63) is 51.8 Å². The molecule has 2 rings (SSSR count). The van der Waals surface area contributed by atoms with Crippen molar-refractivity contribution in [1.29, 1.82) is 0 Å². The number of alkyl halides is 3. The third kappa shape index (κ3) is 3.25. The van der Waals surface area contributed by atoms with Crippen LogP contribution in [0.1, 0.15) is 21.7 Å². The van der Waals surface area contributed by atoms with Crippen molar-refractivity contribution in [3.63, 3.8) is 0 Å². The number of hydrogen-bond acceptors (Lipinski definition) is 4. The zero-order valence-corrected chi connectivity index (χ0v) is 9.82. The van der Waals surface area contributed by atoms with E-state index >= 15 is 0 Å². The summed E-state index contributed by atoms with van der Waals surface area (Å²) in [4.78, 5) is 24.5. The molecule has 0 bridgehead atoms. The number of nitrogens with zero attached hydrogens (tertiary/aromatic N) is 1. The number of halogens is 3. The van der Waals surface area contributed by atoms with Crippen molar-refractivity contribution in [2.45, 2.75) is 12.7 Å². The van der Waals surface area contributed by atoms with Gasteiger partial charge in [0.05, 0.1) is 12.1 Å². The lowest BCUT2D eigenvalue weighted by Gasteiger charge is -2.08. The molecule has 1 aromatic carbocycles. The SMILES string of the molecule is O=C(NCc1noc(=O)[nH]1)c1cccc(C(F)(F)F)c1. The average Bonchev–Trinajstić information content (AvgIpc) is 2.81. The van der Waals surface area contributed by atoms with Crippen LogP contribution in [0.4, 0.5) is 13.2 Å². The highest BCUT2D eigenvalue weighted by atomic mass is 19.4. The number of aromatic amines is 1. The van der Waals surface area contributed by atoms with Crippen LogP contribution >= 0.6 is 0 Å². The number of carbonyl (C=O) groups excluding carboxylic acids is 1. The predicted octanol–water partition coefficient (Wildman–Crippen LogP) is 1.31. The van der Waals surface area contributed by atoms with Crippen LogP contribution in [0.3, 0.4) is 0 Å². The number of aromatic nitrogens is 2. The third-order valence-electron chi connectivity index (χ3n) is 2.35. The van der Waals surface area contributed by atoms with Crippen LogP contribution < -0.4 is 11.1 Å². The summed E-state index contributed by atoms with van der Waals surface area (Å²) in [6.07, 6.45) is -4.52. The van der Waals surface area contributed by atoms with E-state index < -0.39 is 23.4 Å². The fourth-order valence-corrected chi connectivity index (χ4v) is 1.44. The van der Waals surface area contributed by atoms with Gasteiger partial charge >= 0.3 is 11.9 Å². The van der Waals surface area contributed by atoms with E-state index in [9.17, 15) is 22.8 Å². The van der Waals surface area contributed by atoms with Gasteiger partial charge in [0.1, 0.15) is 0 Å². The lowest BCUT2D eigenvalue weighted by atomic mass is 10.1. The lowest BCUT2D eigenvalue weighted by molar-refractivity contribution is -0.137. The number of amides is 1. The predicted molar refractivity (Wildman–Crippen MR) is 59.7 cm³/mol. The van der Waals surface area contributed by atoms with Crippen molar-refractivity contribution in [2.24, 2.45) is 0 Å². The Kier molecular flexibility index (Phi) is 3.59. The normalized spacial score (nSPS) is 11.3. The Morgan fingerprint density at radius 3 is 2.75 bits per heavy atom. The van der Waals surface area contributed by atoms with Crippen LogP contribution in [0.2, 0.25) is 0 Å². The highest BCUT2D eigenvalue weighted by molar-refractivity contribution is 5.94.